The molecule has 1 amide bonds. The summed E-state index contributed by atoms with van der Waals surface area (Å²) in [5.74, 6) is 0. The summed E-state index contributed by atoms with van der Waals surface area (Å²) in [6.07, 6.45) is -1.78. The highest BCUT2D eigenvalue weighted by Crippen LogP contribution is 2.32. The quantitative estimate of drug-likeness (QED) is 0.861. The highest BCUT2D eigenvalue weighted by Gasteiger charge is 2.31. The molecule has 1 N–H and O–H groups in total. The molecule has 0 aliphatic carbocycles. The Balaban J connectivity index is 2.24. The van der Waals surface area contributed by atoms with Crippen LogP contribution in [0.25, 0.3) is 0 Å². The van der Waals surface area contributed by atoms with Crippen LogP contribution in [0.2, 0.25) is 0 Å². The van der Waals surface area contributed by atoms with Gasteiger partial charge in [-0.2, -0.15) is 0 Å². The second-order valence-corrected chi connectivity index (χ2v) is 5.97. The number of carbonyl (C=O) groups is 1. The predicted octanol–water partition coefficient (Wildman–Crippen LogP) is 2.94. The number of aliphatic hydroxyl groups is 1. The largest absolute Gasteiger partial charge is 0.444 e. The Labute approximate surface area is 118 Å². The topological polar surface area (TPSA) is 49.8 Å². The Morgan fingerprint density at radius 1 is 1.50 bits per heavy atom. The lowest BCUT2D eigenvalue weighted by atomic mass is 9.94. The maximum Gasteiger partial charge on any atom is 0.410 e. The smallest absolute Gasteiger partial charge is 0.410 e. The second kappa shape index (κ2) is 5.40. The zero-order valence-corrected chi connectivity index (χ0v) is 12.0. The van der Waals surface area contributed by atoms with Crippen LogP contribution < -0.4 is 0 Å². The van der Waals surface area contributed by atoms with Gasteiger partial charge in [0, 0.05) is 6.54 Å². The van der Waals surface area contributed by atoms with Crippen molar-refractivity contribution in [2.45, 2.75) is 45.7 Å². The standard InChI is InChI=1S/C15H20FNO3/c1-15(2,3)20-14(19)17-7-12-10(9-18)5-4-6-11(12)13(16)8-17/h4-6,13,18H,7-9H2,1-3H3. The summed E-state index contributed by atoms with van der Waals surface area (Å²) in [5, 5.41) is 9.33. The number of nitrogens with zero attached hydrogens (tertiary/aromatic N) is 1. The van der Waals surface area contributed by atoms with Crippen molar-refractivity contribution in [1.29, 1.82) is 0 Å². The van der Waals surface area contributed by atoms with Crippen LogP contribution in [-0.4, -0.2) is 28.2 Å². The number of amides is 1. The number of fused-ring (bicyclic) bond motifs is 1. The molecule has 20 heavy (non-hydrogen) atoms. The lowest BCUT2D eigenvalue weighted by Crippen LogP contribution is -2.41. The van der Waals surface area contributed by atoms with Gasteiger partial charge in [0.15, 0.2) is 0 Å². The zero-order valence-electron chi connectivity index (χ0n) is 12.0. The lowest BCUT2D eigenvalue weighted by molar-refractivity contribution is 0.0157. The van der Waals surface area contributed by atoms with Gasteiger partial charge in [0.25, 0.3) is 0 Å². The SMILES string of the molecule is CC(C)(C)OC(=O)N1Cc2c(CO)cccc2C(F)C1. The molecular formula is C15H20FNO3. The van der Waals surface area contributed by atoms with Crippen LogP contribution in [0, 0.1) is 0 Å². The van der Waals surface area contributed by atoms with Gasteiger partial charge in [-0.15, -0.1) is 0 Å². The molecule has 1 aromatic carbocycles. The number of carbonyl (C=O) groups excluding carboxylic acids is 1. The van der Waals surface area contributed by atoms with E-state index in [1.54, 1.807) is 39.0 Å². The Kier molecular flexibility index (Phi) is 3.99. The maximum atomic E-state index is 14.2. The van der Waals surface area contributed by atoms with Gasteiger partial charge >= 0.3 is 6.09 Å². The summed E-state index contributed by atoms with van der Waals surface area (Å²) in [6, 6.07) is 5.16. The highest BCUT2D eigenvalue weighted by molar-refractivity contribution is 5.69. The van der Waals surface area contributed by atoms with Crippen molar-refractivity contribution in [3.63, 3.8) is 0 Å². The summed E-state index contributed by atoms with van der Waals surface area (Å²) in [7, 11) is 0. The number of halogens is 1. The third kappa shape index (κ3) is 3.10. The van der Waals surface area contributed by atoms with Gasteiger partial charge in [-0.3, -0.25) is 0 Å². The van der Waals surface area contributed by atoms with Crippen LogP contribution in [0.1, 0.15) is 43.6 Å². The number of hydrogen-bond acceptors (Lipinski definition) is 3. The Hall–Kier alpha value is -1.62. The number of ether oxygens (including phenoxy) is 1. The van der Waals surface area contributed by atoms with Crippen molar-refractivity contribution in [1.82, 2.24) is 4.90 Å². The molecule has 0 fully saturated rings. The molecule has 110 valence electrons. The van der Waals surface area contributed by atoms with Crippen LogP contribution in [0.5, 0.6) is 0 Å². The van der Waals surface area contributed by atoms with Gasteiger partial charge in [0.1, 0.15) is 11.8 Å². The zero-order chi connectivity index (χ0) is 14.9. The average molecular weight is 281 g/mol. The third-order valence-electron chi connectivity index (χ3n) is 3.20. The molecule has 5 heteroatoms. The monoisotopic (exact) mass is 281 g/mol. The fourth-order valence-electron chi connectivity index (χ4n) is 2.30. The van der Waals surface area contributed by atoms with Crippen molar-refractivity contribution in [3.8, 4) is 0 Å². The first kappa shape index (κ1) is 14.8. The summed E-state index contributed by atoms with van der Waals surface area (Å²) < 4.78 is 19.5. The van der Waals surface area contributed by atoms with Crippen molar-refractivity contribution < 1.29 is 19.0 Å². The summed E-state index contributed by atoms with van der Waals surface area (Å²) in [4.78, 5) is 13.4. The van der Waals surface area contributed by atoms with Crippen LogP contribution in [0.4, 0.5) is 9.18 Å². The molecule has 1 aliphatic heterocycles. The molecule has 1 atom stereocenters. The molecule has 4 nitrogen and oxygen atoms in total. The number of hydrogen-bond donors (Lipinski definition) is 1. The molecule has 0 saturated heterocycles. The minimum atomic E-state index is -1.25. The molecule has 0 radical (unpaired) electrons. The van der Waals surface area contributed by atoms with Crippen molar-refractivity contribution in [2.75, 3.05) is 6.54 Å². The Morgan fingerprint density at radius 3 is 2.80 bits per heavy atom. The number of benzene rings is 1. The van der Waals surface area contributed by atoms with Gasteiger partial charge < -0.3 is 14.7 Å². The van der Waals surface area contributed by atoms with E-state index >= 15 is 0 Å². The van der Waals surface area contributed by atoms with Crippen LogP contribution >= 0.6 is 0 Å². The maximum absolute atomic E-state index is 14.2. The van der Waals surface area contributed by atoms with Crippen LogP contribution in [0.3, 0.4) is 0 Å². The van der Waals surface area contributed by atoms with E-state index in [2.05, 4.69) is 0 Å². The van der Waals surface area contributed by atoms with Gasteiger partial charge in [0.05, 0.1) is 13.2 Å². The Morgan fingerprint density at radius 2 is 2.20 bits per heavy atom. The first-order valence-corrected chi connectivity index (χ1v) is 6.65. The molecule has 0 aromatic heterocycles. The third-order valence-corrected chi connectivity index (χ3v) is 3.20. The molecule has 1 heterocycles. The minimum absolute atomic E-state index is 0.0171. The van der Waals surface area contributed by atoms with Crippen molar-refractivity contribution >= 4 is 6.09 Å². The predicted molar refractivity (Wildman–Crippen MR) is 72.9 cm³/mol. The molecule has 1 aromatic rings. The van der Waals surface area contributed by atoms with Crippen LogP contribution in [-0.2, 0) is 17.9 Å². The van der Waals surface area contributed by atoms with Gasteiger partial charge in [-0.05, 0) is 37.5 Å². The Bertz CT molecular complexity index is 510. The van der Waals surface area contributed by atoms with Gasteiger partial charge in [-0.25, -0.2) is 9.18 Å². The summed E-state index contributed by atoms with van der Waals surface area (Å²) >= 11 is 0. The molecular weight excluding hydrogens is 261 g/mol. The van der Waals surface area contributed by atoms with Crippen molar-refractivity contribution in [3.05, 3.63) is 34.9 Å². The average Bonchev–Trinajstić information content (AvgIpc) is 2.36. The fourth-order valence-corrected chi connectivity index (χ4v) is 2.30. The van der Waals surface area contributed by atoms with E-state index in [0.717, 1.165) is 0 Å². The van der Waals surface area contributed by atoms with E-state index in [1.165, 1.54) is 4.90 Å². The van der Waals surface area contributed by atoms with E-state index in [-0.39, 0.29) is 19.7 Å². The minimum Gasteiger partial charge on any atom is -0.444 e. The fraction of sp³-hybridized carbons (Fsp3) is 0.533. The molecule has 1 aliphatic rings. The first-order chi connectivity index (χ1) is 9.31. The number of alkyl halides is 1. The van der Waals surface area contributed by atoms with Crippen LogP contribution in [0.15, 0.2) is 18.2 Å². The summed E-state index contributed by atoms with van der Waals surface area (Å²) in [5.41, 5.74) is 1.27. The second-order valence-electron chi connectivity index (χ2n) is 5.97. The van der Waals surface area contributed by atoms with E-state index in [9.17, 15) is 14.3 Å². The summed E-state index contributed by atoms with van der Waals surface area (Å²) in [6.45, 7) is 5.40. The van der Waals surface area contributed by atoms with Gasteiger partial charge in [-0.1, -0.05) is 18.2 Å². The molecule has 0 saturated carbocycles. The highest BCUT2D eigenvalue weighted by atomic mass is 19.1. The number of rotatable bonds is 1. The van der Waals surface area contributed by atoms with Crippen molar-refractivity contribution in [2.24, 2.45) is 0 Å². The molecule has 1 unspecified atom stereocenters. The molecule has 2 rings (SSSR count). The first-order valence-electron chi connectivity index (χ1n) is 6.65. The van der Waals surface area contributed by atoms with E-state index in [4.69, 9.17) is 4.74 Å². The molecule has 0 bridgehead atoms. The molecule has 0 spiro atoms. The van der Waals surface area contributed by atoms with E-state index in [1.807, 2.05) is 0 Å². The normalized spacial score (nSPS) is 18.6. The van der Waals surface area contributed by atoms with E-state index < -0.39 is 17.9 Å². The van der Waals surface area contributed by atoms with E-state index in [0.29, 0.717) is 16.7 Å². The lowest BCUT2D eigenvalue weighted by Gasteiger charge is -2.33. The number of aliphatic hydroxyl groups excluding tert-OH is 1. The van der Waals surface area contributed by atoms with Gasteiger partial charge in [0.2, 0.25) is 0 Å².